The van der Waals surface area contributed by atoms with Crippen LogP contribution in [0.3, 0.4) is 0 Å². The first-order valence-corrected chi connectivity index (χ1v) is 10.0. The number of amides is 2. The lowest BCUT2D eigenvalue weighted by atomic mass is 9.91. The molecule has 2 amide bonds. The smallest absolute Gasteiger partial charge is 0.239 e. The quantitative estimate of drug-likeness (QED) is 0.749. The van der Waals surface area contributed by atoms with Crippen molar-refractivity contribution in [2.24, 2.45) is 17.6 Å². The molecule has 2 atom stereocenters. The van der Waals surface area contributed by atoms with E-state index in [1.54, 1.807) is 0 Å². The van der Waals surface area contributed by atoms with Crippen LogP contribution in [0.5, 0.6) is 0 Å². The highest BCUT2D eigenvalue weighted by Gasteiger charge is 2.30. The Balaban J connectivity index is 0.00000338. The van der Waals surface area contributed by atoms with Crippen LogP contribution in [-0.4, -0.2) is 78.4 Å². The number of piperidine rings is 1. The molecule has 152 valence electrons. The van der Waals surface area contributed by atoms with Gasteiger partial charge in [0.1, 0.15) is 0 Å². The highest BCUT2D eigenvalue weighted by Crippen LogP contribution is 2.23. The second-order valence-corrected chi connectivity index (χ2v) is 7.70. The largest absolute Gasteiger partial charge is 0.341 e. The number of carbonyl (C=O) groups is 2. The van der Waals surface area contributed by atoms with Crippen LogP contribution < -0.4 is 5.73 Å². The zero-order chi connectivity index (χ0) is 18.4. The number of likely N-dealkylation sites (N-methyl/N-ethyl adjacent to an activating group) is 1. The third kappa shape index (κ3) is 6.10. The van der Waals surface area contributed by atoms with Crippen molar-refractivity contribution in [2.75, 3.05) is 45.8 Å². The van der Waals surface area contributed by atoms with E-state index in [0.29, 0.717) is 12.3 Å². The predicted octanol–water partition coefficient (Wildman–Crippen LogP) is 1.57. The average molecular weight is 389 g/mol. The van der Waals surface area contributed by atoms with Gasteiger partial charge in [0.05, 0.1) is 6.04 Å². The summed E-state index contributed by atoms with van der Waals surface area (Å²) in [7, 11) is 0. The second-order valence-electron chi connectivity index (χ2n) is 7.70. The van der Waals surface area contributed by atoms with E-state index in [1.807, 2.05) is 16.7 Å². The summed E-state index contributed by atoms with van der Waals surface area (Å²) in [6.07, 6.45) is 3.38. The molecule has 0 saturated carbocycles. The molecule has 2 fully saturated rings. The Morgan fingerprint density at radius 3 is 2.08 bits per heavy atom. The third-order valence-electron chi connectivity index (χ3n) is 6.10. The summed E-state index contributed by atoms with van der Waals surface area (Å²) >= 11 is 0. The van der Waals surface area contributed by atoms with Crippen molar-refractivity contribution in [2.45, 2.75) is 52.5 Å². The number of rotatable bonds is 6. The van der Waals surface area contributed by atoms with Gasteiger partial charge in [-0.2, -0.15) is 0 Å². The minimum atomic E-state index is -0.391. The Morgan fingerprint density at radius 2 is 1.58 bits per heavy atom. The molecule has 7 heteroatoms. The number of likely N-dealkylation sites (tertiary alicyclic amines) is 1. The summed E-state index contributed by atoms with van der Waals surface area (Å²) in [6.45, 7) is 12.5. The van der Waals surface area contributed by atoms with E-state index in [-0.39, 0.29) is 30.1 Å². The zero-order valence-corrected chi connectivity index (χ0v) is 17.5. The van der Waals surface area contributed by atoms with Crippen LogP contribution in [0.4, 0.5) is 0 Å². The lowest BCUT2D eigenvalue weighted by molar-refractivity contribution is -0.136. The number of nitrogens with zero attached hydrogens (tertiary/aromatic N) is 3. The van der Waals surface area contributed by atoms with Crippen molar-refractivity contribution in [1.29, 1.82) is 0 Å². The number of halogens is 1. The molecule has 2 aliphatic rings. The molecule has 2 rings (SSSR count). The Kier molecular flexibility index (Phi) is 9.90. The molecular formula is C19H37ClN4O2. The predicted molar refractivity (Wildman–Crippen MR) is 107 cm³/mol. The van der Waals surface area contributed by atoms with Crippen LogP contribution >= 0.6 is 12.4 Å². The second kappa shape index (κ2) is 11.1. The van der Waals surface area contributed by atoms with Crippen LogP contribution in [0.15, 0.2) is 0 Å². The molecule has 2 unspecified atom stereocenters. The van der Waals surface area contributed by atoms with Crippen molar-refractivity contribution in [3.63, 3.8) is 0 Å². The molecule has 0 aliphatic carbocycles. The lowest BCUT2D eigenvalue weighted by Crippen LogP contribution is -2.51. The number of nitrogens with two attached hydrogens (primary N) is 1. The van der Waals surface area contributed by atoms with Crippen LogP contribution in [0.1, 0.15) is 46.5 Å². The van der Waals surface area contributed by atoms with Crippen LogP contribution in [0.25, 0.3) is 0 Å². The maximum Gasteiger partial charge on any atom is 0.239 e. The number of piperazine rings is 1. The van der Waals surface area contributed by atoms with Crippen molar-refractivity contribution in [3.05, 3.63) is 0 Å². The van der Waals surface area contributed by atoms with Gasteiger partial charge in [0.15, 0.2) is 0 Å². The Morgan fingerprint density at radius 1 is 1.00 bits per heavy atom. The van der Waals surface area contributed by atoms with Crippen molar-refractivity contribution >= 4 is 24.2 Å². The van der Waals surface area contributed by atoms with Gasteiger partial charge in [0.2, 0.25) is 11.8 Å². The van der Waals surface area contributed by atoms with Crippen molar-refractivity contribution in [1.82, 2.24) is 14.7 Å². The fourth-order valence-corrected chi connectivity index (χ4v) is 3.76. The molecule has 0 radical (unpaired) electrons. The minimum Gasteiger partial charge on any atom is -0.341 e. The van der Waals surface area contributed by atoms with Crippen LogP contribution in [0, 0.1) is 11.8 Å². The number of carbonyl (C=O) groups excluding carboxylic acids is 2. The van der Waals surface area contributed by atoms with Gasteiger partial charge in [0.25, 0.3) is 0 Å². The summed E-state index contributed by atoms with van der Waals surface area (Å²) in [5.41, 5.74) is 6.08. The highest BCUT2D eigenvalue weighted by molar-refractivity contribution is 5.85. The Bertz CT molecular complexity index is 447. The standard InChI is InChI=1S/C19H36N4O2.ClH/c1-4-15(3)18(20)19(25)23-8-6-16(7-9-23)14-17(24)22-12-10-21(5-2)11-13-22;/h15-16,18H,4-14,20H2,1-3H3;1H. The third-order valence-corrected chi connectivity index (χ3v) is 6.10. The first-order chi connectivity index (χ1) is 12.0. The van der Waals surface area contributed by atoms with E-state index in [1.165, 1.54) is 0 Å². The molecule has 0 spiro atoms. The molecule has 6 nitrogen and oxygen atoms in total. The highest BCUT2D eigenvalue weighted by atomic mass is 35.5. The first kappa shape index (κ1) is 23.2. The summed E-state index contributed by atoms with van der Waals surface area (Å²) in [5.74, 6) is 0.987. The van der Waals surface area contributed by atoms with Gasteiger partial charge in [-0.15, -0.1) is 12.4 Å². The fraction of sp³-hybridized carbons (Fsp3) is 0.895. The zero-order valence-electron chi connectivity index (χ0n) is 16.7. The van der Waals surface area contributed by atoms with E-state index < -0.39 is 6.04 Å². The van der Waals surface area contributed by atoms with Crippen LogP contribution in [-0.2, 0) is 9.59 Å². The lowest BCUT2D eigenvalue weighted by Gasteiger charge is -2.37. The van der Waals surface area contributed by atoms with Gasteiger partial charge in [-0.3, -0.25) is 9.59 Å². The maximum atomic E-state index is 12.5. The van der Waals surface area contributed by atoms with E-state index in [0.717, 1.165) is 65.1 Å². The molecule has 2 N–H and O–H groups in total. The molecule has 2 aliphatic heterocycles. The van der Waals surface area contributed by atoms with Crippen molar-refractivity contribution < 1.29 is 9.59 Å². The molecule has 0 bridgehead atoms. The molecule has 26 heavy (non-hydrogen) atoms. The average Bonchev–Trinajstić information content (AvgIpc) is 2.66. The summed E-state index contributed by atoms with van der Waals surface area (Å²) in [6, 6.07) is -0.391. The van der Waals surface area contributed by atoms with E-state index in [4.69, 9.17) is 5.73 Å². The topological polar surface area (TPSA) is 69.9 Å². The fourth-order valence-electron chi connectivity index (χ4n) is 3.76. The summed E-state index contributed by atoms with van der Waals surface area (Å²) < 4.78 is 0. The Hall–Kier alpha value is -0.850. The molecular weight excluding hydrogens is 352 g/mol. The number of hydrogen-bond acceptors (Lipinski definition) is 4. The van der Waals surface area contributed by atoms with Gasteiger partial charge >= 0.3 is 0 Å². The first-order valence-electron chi connectivity index (χ1n) is 10.0. The monoisotopic (exact) mass is 388 g/mol. The van der Waals surface area contributed by atoms with Gasteiger partial charge in [0, 0.05) is 45.7 Å². The molecule has 2 heterocycles. The van der Waals surface area contributed by atoms with Crippen molar-refractivity contribution in [3.8, 4) is 0 Å². The summed E-state index contributed by atoms with van der Waals surface area (Å²) in [5, 5.41) is 0. The summed E-state index contributed by atoms with van der Waals surface area (Å²) in [4.78, 5) is 31.3. The SMILES string of the molecule is CCC(C)C(N)C(=O)N1CCC(CC(=O)N2CCN(CC)CC2)CC1.Cl. The van der Waals surface area contributed by atoms with Crippen LogP contribution in [0.2, 0.25) is 0 Å². The molecule has 0 aromatic rings. The van der Waals surface area contributed by atoms with Gasteiger partial charge in [-0.25, -0.2) is 0 Å². The van der Waals surface area contributed by atoms with Gasteiger partial charge < -0.3 is 20.4 Å². The molecule has 0 aromatic carbocycles. The van der Waals surface area contributed by atoms with E-state index in [2.05, 4.69) is 18.7 Å². The van der Waals surface area contributed by atoms with Gasteiger partial charge in [-0.1, -0.05) is 27.2 Å². The number of hydrogen-bond donors (Lipinski definition) is 1. The maximum absolute atomic E-state index is 12.5. The van der Waals surface area contributed by atoms with E-state index >= 15 is 0 Å². The minimum absolute atomic E-state index is 0. The normalized spacial score (nSPS) is 21.8. The van der Waals surface area contributed by atoms with Gasteiger partial charge in [-0.05, 0) is 31.2 Å². The van der Waals surface area contributed by atoms with E-state index in [9.17, 15) is 9.59 Å². The Labute approximate surface area is 164 Å². The molecule has 0 aromatic heterocycles. The molecule has 2 saturated heterocycles.